The first kappa shape index (κ1) is 16.0. The van der Waals surface area contributed by atoms with E-state index in [1.54, 1.807) is 6.92 Å². The maximum Gasteiger partial charge on any atom is 0.258 e. The van der Waals surface area contributed by atoms with Crippen molar-refractivity contribution < 1.29 is 14.3 Å². The highest BCUT2D eigenvalue weighted by atomic mass is 16.5. The van der Waals surface area contributed by atoms with Crippen molar-refractivity contribution in [2.24, 2.45) is 0 Å². The number of ether oxygens (including phenoxy) is 1. The van der Waals surface area contributed by atoms with E-state index in [-0.39, 0.29) is 18.4 Å². The van der Waals surface area contributed by atoms with E-state index in [0.29, 0.717) is 12.3 Å². The highest BCUT2D eigenvalue weighted by molar-refractivity contribution is 5.87. The molecule has 20 heavy (non-hydrogen) atoms. The third-order valence-electron chi connectivity index (χ3n) is 2.97. The van der Waals surface area contributed by atoms with Crippen molar-refractivity contribution >= 4 is 11.8 Å². The van der Waals surface area contributed by atoms with Crippen molar-refractivity contribution in [3.05, 3.63) is 29.3 Å². The summed E-state index contributed by atoms with van der Waals surface area (Å²) in [5, 5.41) is 5.23. The highest BCUT2D eigenvalue weighted by Crippen LogP contribution is 2.16. The van der Waals surface area contributed by atoms with Gasteiger partial charge in [-0.25, -0.2) is 0 Å². The fourth-order valence-electron chi connectivity index (χ4n) is 1.63. The zero-order chi connectivity index (χ0) is 15.1. The summed E-state index contributed by atoms with van der Waals surface area (Å²) in [6, 6.07) is 5.09. The first-order chi connectivity index (χ1) is 9.43. The van der Waals surface area contributed by atoms with E-state index in [0.717, 1.165) is 5.56 Å². The van der Waals surface area contributed by atoms with Crippen molar-refractivity contribution in [3.8, 4) is 5.75 Å². The van der Waals surface area contributed by atoms with Gasteiger partial charge in [-0.3, -0.25) is 9.59 Å². The Kier molecular flexibility index (Phi) is 6.03. The normalized spacial score (nSPS) is 11.6. The van der Waals surface area contributed by atoms with Gasteiger partial charge in [-0.15, -0.1) is 0 Å². The van der Waals surface area contributed by atoms with Crippen LogP contribution in [0, 0.1) is 13.8 Å². The molecule has 0 bridgehead atoms. The van der Waals surface area contributed by atoms with E-state index in [1.807, 2.05) is 39.0 Å². The molecule has 5 nitrogen and oxygen atoms in total. The van der Waals surface area contributed by atoms with Crippen LogP contribution in [0.15, 0.2) is 18.2 Å². The first-order valence-electron chi connectivity index (χ1n) is 6.71. The molecule has 1 aromatic carbocycles. The van der Waals surface area contributed by atoms with Gasteiger partial charge in [0.2, 0.25) is 5.91 Å². The second kappa shape index (κ2) is 7.53. The van der Waals surface area contributed by atoms with Gasteiger partial charge in [0, 0.05) is 6.54 Å². The lowest BCUT2D eigenvalue weighted by Gasteiger charge is -2.14. The second-order valence-electron chi connectivity index (χ2n) is 4.72. The first-order valence-corrected chi connectivity index (χ1v) is 6.71. The fraction of sp³-hybridized carbons (Fsp3) is 0.467. The number of hydrogen-bond donors (Lipinski definition) is 2. The van der Waals surface area contributed by atoms with Crippen LogP contribution in [0.25, 0.3) is 0 Å². The van der Waals surface area contributed by atoms with E-state index in [1.165, 1.54) is 5.56 Å². The summed E-state index contributed by atoms with van der Waals surface area (Å²) in [6.07, 6.45) is 0. The van der Waals surface area contributed by atoms with E-state index >= 15 is 0 Å². The molecule has 5 heteroatoms. The number of aryl methyl sites for hydroxylation is 2. The molecule has 0 radical (unpaired) electrons. The number of nitrogens with one attached hydrogen (secondary N) is 2. The van der Waals surface area contributed by atoms with Crippen molar-refractivity contribution in [1.82, 2.24) is 10.6 Å². The molecule has 0 spiro atoms. The lowest BCUT2D eigenvalue weighted by molar-refractivity contribution is -0.129. The third kappa shape index (κ3) is 4.91. The lowest BCUT2D eigenvalue weighted by atomic mass is 10.1. The van der Waals surface area contributed by atoms with Gasteiger partial charge in [-0.05, 0) is 51.0 Å². The molecule has 1 atom stereocenters. The number of hydrogen-bond acceptors (Lipinski definition) is 3. The van der Waals surface area contributed by atoms with Crippen molar-refractivity contribution in [2.45, 2.75) is 33.7 Å². The Balaban J connectivity index is 2.43. The smallest absolute Gasteiger partial charge is 0.258 e. The van der Waals surface area contributed by atoms with E-state index in [4.69, 9.17) is 4.74 Å². The standard InChI is InChI=1S/C15H22N2O3/c1-5-16-15(19)12(4)17-14(18)9-20-13-7-6-10(2)11(3)8-13/h6-8,12H,5,9H2,1-4H3,(H,16,19)(H,17,18)/t12-/m0/s1. The Morgan fingerprint density at radius 1 is 1.25 bits per heavy atom. The van der Waals surface area contributed by atoms with Gasteiger partial charge in [0.15, 0.2) is 6.61 Å². The topological polar surface area (TPSA) is 67.4 Å². The van der Waals surface area contributed by atoms with Crippen LogP contribution in [-0.4, -0.2) is 31.0 Å². The van der Waals surface area contributed by atoms with Gasteiger partial charge in [-0.2, -0.15) is 0 Å². The predicted molar refractivity (Wildman–Crippen MR) is 77.7 cm³/mol. The van der Waals surface area contributed by atoms with Gasteiger partial charge in [-0.1, -0.05) is 6.07 Å². The third-order valence-corrected chi connectivity index (χ3v) is 2.97. The van der Waals surface area contributed by atoms with Gasteiger partial charge in [0.25, 0.3) is 5.91 Å². The summed E-state index contributed by atoms with van der Waals surface area (Å²) < 4.78 is 5.40. The minimum Gasteiger partial charge on any atom is -0.484 e. The number of carbonyl (C=O) groups is 2. The molecule has 0 aromatic heterocycles. The Hall–Kier alpha value is -2.04. The quantitative estimate of drug-likeness (QED) is 0.824. The summed E-state index contributed by atoms with van der Waals surface area (Å²) >= 11 is 0. The molecule has 110 valence electrons. The van der Waals surface area contributed by atoms with Gasteiger partial charge in [0.1, 0.15) is 11.8 Å². The molecule has 0 saturated heterocycles. The molecule has 0 aliphatic rings. The highest BCUT2D eigenvalue weighted by Gasteiger charge is 2.14. The zero-order valence-corrected chi connectivity index (χ0v) is 12.4. The van der Waals surface area contributed by atoms with Crippen LogP contribution in [-0.2, 0) is 9.59 Å². The molecule has 1 aromatic rings. The second-order valence-corrected chi connectivity index (χ2v) is 4.72. The Bertz CT molecular complexity index is 486. The number of likely N-dealkylation sites (N-methyl/N-ethyl adjacent to an activating group) is 1. The van der Waals surface area contributed by atoms with Crippen molar-refractivity contribution in [3.63, 3.8) is 0 Å². The fourth-order valence-corrected chi connectivity index (χ4v) is 1.63. The van der Waals surface area contributed by atoms with E-state index < -0.39 is 6.04 Å². The van der Waals surface area contributed by atoms with E-state index in [2.05, 4.69) is 10.6 Å². The largest absolute Gasteiger partial charge is 0.484 e. The maximum atomic E-state index is 11.7. The predicted octanol–water partition coefficient (Wildman–Crippen LogP) is 1.32. The van der Waals surface area contributed by atoms with Crippen LogP contribution in [0.3, 0.4) is 0 Å². The average molecular weight is 278 g/mol. The molecule has 1 rings (SSSR count). The van der Waals surface area contributed by atoms with Crippen molar-refractivity contribution in [1.29, 1.82) is 0 Å². The monoisotopic (exact) mass is 278 g/mol. The van der Waals surface area contributed by atoms with Crippen LogP contribution < -0.4 is 15.4 Å². The molecule has 2 amide bonds. The van der Waals surface area contributed by atoms with Crippen LogP contribution in [0.5, 0.6) is 5.75 Å². The Labute approximate surface area is 119 Å². The molecule has 0 aliphatic heterocycles. The number of carbonyl (C=O) groups excluding carboxylic acids is 2. The summed E-state index contributed by atoms with van der Waals surface area (Å²) in [5.74, 6) is 0.128. The van der Waals surface area contributed by atoms with Gasteiger partial charge >= 0.3 is 0 Å². The lowest BCUT2D eigenvalue weighted by Crippen LogP contribution is -2.46. The summed E-state index contributed by atoms with van der Waals surface area (Å²) in [4.78, 5) is 23.1. The SMILES string of the molecule is CCNC(=O)[C@H](C)NC(=O)COc1ccc(C)c(C)c1. The number of amides is 2. The number of benzene rings is 1. The van der Waals surface area contributed by atoms with Crippen LogP contribution in [0.1, 0.15) is 25.0 Å². The molecule has 0 aliphatic carbocycles. The molecule has 0 saturated carbocycles. The molecule has 0 unspecified atom stereocenters. The average Bonchev–Trinajstić information content (AvgIpc) is 2.40. The summed E-state index contributed by atoms with van der Waals surface area (Å²) in [7, 11) is 0. The van der Waals surface area contributed by atoms with Crippen LogP contribution in [0.4, 0.5) is 0 Å². The molecular weight excluding hydrogens is 256 g/mol. The summed E-state index contributed by atoms with van der Waals surface area (Å²) in [5.41, 5.74) is 2.28. The Morgan fingerprint density at radius 2 is 1.95 bits per heavy atom. The molecule has 0 heterocycles. The van der Waals surface area contributed by atoms with Gasteiger partial charge < -0.3 is 15.4 Å². The molecular formula is C15H22N2O3. The maximum absolute atomic E-state index is 11.7. The molecule has 2 N–H and O–H groups in total. The minimum absolute atomic E-state index is 0.105. The van der Waals surface area contributed by atoms with Crippen LogP contribution >= 0.6 is 0 Å². The number of rotatable bonds is 6. The Morgan fingerprint density at radius 3 is 2.55 bits per heavy atom. The van der Waals surface area contributed by atoms with Crippen LogP contribution in [0.2, 0.25) is 0 Å². The summed E-state index contributed by atoms with van der Waals surface area (Å²) in [6.45, 7) is 7.90. The minimum atomic E-state index is -0.564. The van der Waals surface area contributed by atoms with Gasteiger partial charge in [0.05, 0.1) is 0 Å². The zero-order valence-electron chi connectivity index (χ0n) is 12.4. The molecule has 0 fully saturated rings. The van der Waals surface area contributed by atoms with Crippen molar-refractivity contribution in [2.75, 3.05) is 13.2 Å². The van der Waals surface area contributed by atoms with E-state index in [9.17, 15) is 9.59 Å².